The van der Waals surface area contributed by atoms with Crippen molar-refractivity contribution in [3.8, 4) is 6.07 Å². The van der Waals surface area contributed by atoms with Gasteiger partial charge in [-0.2, -0.15) is 5.26 Å². The smallest absolute Gasteiger partial charge is 0.185 e. The molecule has 0 atom stereocenters. The van der Waals surface area contributed by atoms with Crippen LogP contribution in [0.1, 0.15) is 16.1 Å². The van der Waals surface area contributed by atoms with Crippen LogP contribution in [0.15, 0.2) is 18.2 Å². The zero-order chi connectivity index (χ0) is 16.2. The number of hydrogen-bond acceptors (Lipinski definition) is 5. The van der Waals surface area contributed by atoms with E-state index in [1.165, 1.54) is 0 Å². The average Bonchev–Trinajstić information content (AvgIpc) is 2.95. The van der Waals surface area contributed by atoms with Crippen molar-refractivity contribution in [1.29, 1.82) is 5.26 Å². The Morgan fingerprint density at radius 2 is 2.04 bits per heavy atom. The number of aromatic nitrogens is 1. The van der Waals surface area contributed by atoms with E-state index < -0.39 is 0 Å². The lowest BCUT2D eigenvalue weighted by Gasteiger charge is -2.26. The first kappa shape index (κ1) is 16.5. The maximum absolute atomic E-state index is 9.07. The highest BCUT2D eigenvalue weighted by Gasteiger charge is 2.18. The van der Waals surface area contributed by atoms with E-state index in [2.05, 4.69) is 11.0 Å². The van der Waals surface area contributed by atoms with Crippen molar-refractivity contribution >= 4 is 39.7 Å². The zero-order valence-corrected chi connectivity index (χ0v) is 14.7. The average molecular weight is 368 g/mol. The number of morpholine rings is 1. The summed E-state index contributed by atoms with van der Waals surface area (Å²) in [5, 5.41) is 11.1. The molecule has 23 heavy (non-hydrogen) atoms. The number of anilines is 1. The van der Waals surface area contributed by atoms with E-state index in [1.54, 1.807) is 17.4 Å². The second kappa shape index (κ2) is 7.50. The summed E-state index contributed by atoms with van der Waals surface area (Å²) < 4.78 is 5.38. The fraction of sp³-hybridized carbons (Fsp3) is 0.375. The molecule has 0 bridgehead atoms. The summed E-state index contributed by atoms with van der Waals surface area (Å²) in [4.78, 5) is 7.99. The molecule has 7 heteroatoms. The van der Waals surface area contributed by atoms with Crippen LogP contribution >= 0.6 is 34.5 Å². The highest BCUT2D eigenvalue weighted by Crippen LogP contribution is 2.30. The maximum atomic E-state index is 9.07. The van der Waals surface area contributed by atoms with Crippen molar-refractivity contribution in [3.63, 3.8) is 0 Å². The molecular weight excluding hydrogens is 353 g/mol. The minimum absolute atomic E-state index is 0.374. The lowest BCUT2D eigenvalue weighted by molar-refractivity contribution is 0.122. The first-order valence-electron chi connectivity index (χ1n) is 7.29. The molecule has 1 fully saturated rings. The monoisotopic (exact) mass is 367 g/mol. The van der Waals surface area contributed by atoms with E-state index in [4.69, 9.17) is 38.2 Å². The third-order valence-electron chi connectivity index (χ3n) is 3.64. The van der Waals surface area contributed by atoms with Crippen LogP contribution in [0.3, 0.4) is 0 Å². The van der Waals surface area contributed by atoms with Crippen molar-refractivity contribution in [1.82, 2.24) is 4.98 Å². The third-order valence-corrected chi connectivity index (χ3v) is 5.54. The molecule has 120 valence electrons. The molecule has 3 rings (SSSR count). The van der Waals surface area contributed by atoms with Gasteiger partial charge in [-0.1, -0.05) is 29.3 Å². The molecule has 1 aliphatic rings. The van der Waals surface area contributed by atoms with Crippen LogP contribution in [-0.2, 0) is 17.6 Å². The van der Waals surface area contributed by atoms with E-state index in [9.17, 15) is 0 Å². The third kappa shape index (κ3) is 3.96. The van der Waals surface area contributed by atoms with Gasteiger partial charge >= 0.3 is 0 Å². The van der Waals surface area contributed by atoms with Crippen LogP contribution in [0, 0.1) is 11.3 Å². The van der Waals surface area contributed by atoms with Crippen molar-refractivity contribution in [2.75, 3.05) is 31.2 Å². The Morgan fingerprint density at radius 1 is 1.26 bits per heavy atom. The van der Waals surface area contributed by atoms with Gasteiger partial charge in [-0.25, -0.2) is 4.98 Å². The molecule has 0 N–H and O–H groups in total. The molecule has 1 aliphatic heterocycles. The Labute approximate surface area is 149 Å². The van der Waals surface area contributed by atoms with Crippen molar-refractivity contribution in [2.45, 2.75) is 12.8 Å². The Hall–Kier alpha value is -1.32. The topological polar surface area (TPSA) is 49.2 Å². The molecule has 1 aromatic heterocycles. The number of nitriles is 1. The number of benzene rings is 1. The number of rotatable bonds is 4. The van der Waals surface area contributed by atoms with Crippen molar-refractivity contribution in [2.24, 2.45) is 0 Å². The van der Waals surface area contributed by atoms with Gasteiger partial charge in [-0.3, -0.25) is 0 Å². The molecule has 1 saturated heterocycles. The van der Waals surface area contributed by atoms with Gasteiger partial charge in [0.15, 0.2) is 5.13 Å². The molecular formula is C16H15Cl2N3OS. The van der Waals surface area contributed by atoms with Gasteiger partial charge in [-0.15, -0.1) is 11.3 Å². The summed E-state index contributed by atoms with van der Waals surface area (Å²) in [5.74, 6) is 0. The standard InChI is InChI=1S/C16H15Cl2N3OS/c17-12-2-1-11(9-13(12)18)10-14-15(3-4-19)23-16(20-14)21-5-7-22-8-6-21/h1-2,9H,3,5-8,10H2. The van der Waals surface area contributed by atoms with E-state index in [1.807, 2.05) is 12.1 Å². The summed E-state index contributed by atoms with van der Waals surface area (Å²) in [7, 11) is 0. The Balaban J connectivity index is 1.85. The number of halogens is 2. The van der Waals surface area contributed by atoms with Gasteiger partial charge in [-0.05, 0) is 17.7 Å². The SMILES string of the molecule is N#CCc1sc(N2CCOCC2)nc1Cc1ccc(Cl)c(Cl)c1. The Kier molecular flexibility index (Phi) is 5.39. The molecule has 4 nitrogen and oxygen atoms in total. The molecule has 2 heterocycles. The molecule has 2 aromatic rings. The van der Waals surface area contributed by atoms with Crippen molar-refractivity contribution in [3.05, 3.63) is 44.4 Å². The van der Waals surface area contributed by atoms with E-state index in [0.29, 0.717) is 22.9 Å². The number of hydrogen-bond donors (Lipinski definition) is 0. The molecule has 0 unspecified atom stereocenters. The number of ether oxygens (including phenoxy) is 1. The predicted octanol–water partition coefficient (Wildman–Crippen LogP) is 3.94. The number of nitrogens with zero attached hydrogens (tertiary/aromatic N) is 3. The first-order valence-corrected chi connectivity index (χ1v) is 8.87. The van der Waals surface area contributed by atoms with Crippen LogP contribution < -0.4 is 4.90 Å². The summed E-state index contributed by atoms with van der Waals surface area (Å²) in [5.41, 5.74) is 1.98. The molecule has 0 amide bonds. The fourth-order valence-corrected chi connectivity index (χ4v) is 3.83. The van der Waals surface area contributed by atoms with Crippen LogP contribution in [0.25, 0.3) is 0 Å². The van der Waals surface area contributed by atoms with Gasteiger partial charge in [0, 0.05) is 24.4 Å². The van der Waals surface area contributed by atoms with Gasteiger partial charge < -0.3 is 9.64 Å². The quantitative estimate of drug-likeness (QED) is 0.820. The highest BCUT2D eigenvalue weighted by atomic mass is 35.5. The summed E-state index contributed by atoms with van der Waals surface area (Å²) >= 11 is 13.6. The Bertz CT molecular complexity index is 735. The predicted molar refractivity (Wildman–Crippen MR) is 93.7 cm³/mol. The van der Waals surface area contributed by atoms with E-state index >= 15 is 0 Å². The van der Waals surface area contributed by atoms with Crippen LogP contribution in [0.5, 0.6) is 0 Å². The van der Waals surface area contributed by atoms with Gasteiger partial charge in [0.05, 0.1) is 41.4 Å². The molecule has 0 radical (unpaired) electrons. The van der Waals surface area contributed by atoms with Crippen molar-refractivity contribution < 1.29 is 4.74 Å². The second-order valence-corrected chi connectivity index (χ2v) is 7.10. The largest absolute Gasteiger partial charge is 0.378 e. The zero-order valence-electron chi connectivity index (χ0n) is 12.4. The van der Waals surface area contributed by atoms with Gasteiger partial charge in [0.25, 0.3) is 0 Å². The second-order valence-electron chi connectivity index (χ2n) is 5.23. The molecule has 0 spiro atoms. The number of thiazole rings is 1. The lowest BCUT2D eigenvalue weighted by atomic mass is 10.1. The summed E-state index contributed by atoms with van der Waals surface area (Å²) in [6.07, 6.45) is 1.02. The molecule has 1 aromatic carbocycles. The minimum atomic E-state index is 0.374. The summed E-state index contributed by atoms with van der Waals surface area (Å²) in [6, 6.07) is 7.81. The summed E-state index contributed by atoms with van der Waals surface area (Å²) in [6.45, 7) is 3.11. The molecule has 0 saturated carbocycles. The fourth-order valence-electron chi connectivity index (χ4n) is 2.45. The minimum Gasteiger partial charge on any atom is -0.378 e. The first-order chi connectivity index (χ1) is 11.2. The Morgan fingerprint density at radius 3 is 2.74 bits per heavy atom. The van der Waals surface area contributed by atoms with E-state index in [0.717, 1.165) is 47.6 Å². The van der Waals surface area contributed by atoms with Crippen LogP contribution in [-0.4, -0.2) is 31.3 Å². The van der Waals surface area contributed by atoms with Crippen LogP contribution in [0.4, 0.5) is 5.13 Å². The van der Waals surface area contributed by atoms with Gasteiger partial charge in [0.2, 0.25) is 0 Å². The van der Waals surface area contributed by atoms with Crippen LogP contribution in [0.2, 0.25) is 10.0 Å². The normalized spacial score (nSPS) is 14.7. The molecule has 0 aliphatic carbocycles. The lowest BCUT2D eigenvalue weighted by Crippen LogP contribution is -2.36. The van der Waals surface area contributed by atoms with Gasteiger partial charge in [0.1, 0.15) is 0 Å². The maximum Gasteiger partial charge on any atom is 0.185 e. The van der Waals surface area contributed by atoms with E-state index in [-0.39, 0.29) is 0 Å². The highest BCUT2D eigenvalue weighted by molar-refractivity contribution is 7.15.